The van der Waals surface area contributed by atoms with E-state index in [2.05, 4.69) is 24.4 Å². The third kappa shape index (κ3) is 3.92. The van der Waals surface area contributed by atoms with Crippen molar-refractivity contribution < 1.29 is 4.79 Å². The zero-order valence-electron chi connectivity index (χ0n) is 8.92. The predicted octanol–water partition coefficient (Wildman–Crippen LogP) is 2.15. The van der Waals surface area contributed by atoms with Crippen molar-refractivity contribution in [2.75, 3.05) is 12.4 Å². The lowest BCUT2D eigenvalue weighted by Crippen LogP contribution is -2.26. The van der Waals surface area contributed by atoms with E-state index in [1.165, 1.54) is 11.1 Å². The zero-order chi connectivity index (χ0) is 11.1. The van der Waals surface area contributed by atoms with Crippen molar-refractivity contribution in [3.8, 4) is 0 Å². The van der Waals surface area contributed by atoms with Crippen LogP contribution in [0.2, 0.25) is 0 Å². The normalized spacial score (nSPS) is 10.0. The summed E-state index contributed by atoms with van der Waals surface area (Å²) in [5.74, 6) is -0.0688. The summed E-state index contributed by atoms with van der Waals surface area (Å²) in [6.45, 7) is 2.79. The average Bonchev–Trinajstić information content (AvgIpc) is 2.29. The smallest absolute Gasteiger partial charge is 0.234 e. The number of halogens is 1. The molecule has 0 atom stereocenters. The van der Waals surface area contributed by atoms with E-state index in [0.29, 0.717) is 6.54 Å². The number of nitrogens with one attached hydrogen (secondary N) is 1. The quantitative estimate of drug-likeness (QED) is 0.765. The molecule has 2 nitrogen and oxygen atoms in total. The molecule has 0 heterocycles. The van der Waals surface area contributed by atoms with Crippen LogP contribution < -0.4 is 5.32 Å². The maximum absolute atomic E-state index is 10.9. The molecule has 3 heteroatoms. The highest BCUT2D eigenvalue weighted by molar-refractivity contribution is 6.27. The van der Waals surface area contributed by atoms with E-state index in [-0.39, 0.29) is 11.8 Å². The second-order valence-electron chi connectivity index (χ2n) is 3.36. The molecule has 0 aliphatic heterocycles. The Balaban J connectivity index is 2.46. The van der Waals surface area contributed by atoms with Crippen molar-refractivity contribution in [3.05, 3.63) is 35.4 Å². The van der Waals surface area contributed by atoms with Crippen LogP contribution in [-0.4, -0.2) is 18.3 Å². The van der Waals surface area contributed by atoms with Crippen LogP contribution in [0.15, 0.2) is 24.3 Å². The minimum absolute atomic E-state index is 0.0371. The molecule has 1 N–H and O–H groups in total. The van der Waals surface area contributed by atoms with Gasteiger partial charge in [-0.15, -0.1) is 11.6 Å². The van der Waals surface area contributed by atoms with E-state index in [1.807, 2.05) is 12.1 Å². The molecule has 0 radical (unpaired) electrons. The number of carbonyl (C=O) groups is 1. The maximum atomic E-state index is 10.9. The summed E-state index contributed by atoms with van der Waals surface area (Å²) in [6.07, 6.45) is 1.90. The zero-order valence-corrected chi connectivity index (χ0v) is 9.68. The molecule has 0 bridgehead atoms. The van der Waals surface area contributed by atoms with Crippen LogP contribution in [-0.2, 0) is 17.6 Å². The van der Waals surface area contributed by atoms with E-state index in [4.69, 9.17) is 11.6 Å². The third-order valence-corrected chi connectivity index (χ3v) is 2.58. The number of aryl methyl sites for hydroxylation is 1. The molecule has 0 spiro atoms. The number of alkyl halides is 1. The fourth-order valence-electron chi connectivity index (χ4n) is 1.53. The van der Waals surface area contributed by atoms with E-state index >= 15 is 0 Å². The summed E-state index contributed by atoms with van der Waals surface area (Å²) in [7, 11) is 0. The minimum Gasteiger partial charge on any atom is -0.355 e. The fourth-order valence-corrected chi connectivity index (χ4v) is 1.62. The Labute approximate surface area is 95.6 Å². The standard InChI is InChI=1S/C12H16ClNO/c1-2-10-5-3-4-6-11(10)7-8-14-12(15)9-13/h3-6H,2,7-9H2,1H3,(H,14,15). The Morgan fingerprint density at radius 3 is 2.60 bits per heavy atom. The Morgan fingerprint density at radius 1 is 1.33 bits per heavy atom. The van der Waals surface area contributed by atoms with Gasteiger partial charge in [-0.25, -0.2) is 0 Å². The Morgan fingerprint density at radius 2 is 2.00 bits per heavy atom. The van der Waals surface area contributed by atoms with Crippen molar-refractivity contribution in [2.24, 2.45) is 0 Å². The Kier molecular flexibility index (Phi) is 5.19. The summed E-state index contributed by atoms with van der Waals surface area (Å²) in [5, 5.41) is 2.76. The first kappa shape index (κ1) is 12.1. The molecule has 15 heavy (non-hydrogen) atoms. The Hall–Kier alpha value is -1.02. The monoisotopic (exact) mass is 225 g/mol. The van der Waals surface area contributed by atoms with E-state index in [1.54, 1.807) is 0 Å². The highest BCUT2D eigenvalue weighted by atomic mass is 35.5. The molecule has 1 amide bonds. The molecule has 82 valence electrons. The molecule has 0 fully saturated rings. The molecule has 1 aromatic carbocycles. The van der Waals surface area contributed by atoms with Crippen molar-refractivity contribution in [2.45, 2.75) is 19.8 Å². The van der Waals surface area contributed by atoms with Crippen molar-refractivity contribution in [3.63, 3.8) is 0 Å². The van der Waals surface area contributed by atoms with Crippen LogP contribution in [0.25, 0.3) is 0 Å². The van der Waals surface area contributed by atoms with Crippen LogP contribution in [0, 0.1) is 0 Å². The summed E-state index contributed by atoms with van der Waals surface area (Å²) in [5.41, 5.74) is 2.65. The van der Waals surface area contributed by atoms with Gasteiger partial charge in [0.05, 0.1) is 0 Å². The van der Waals surface area contributed by atoms with E-state index < -0.39 is 0 Å². The van der Waals surface area contributed by atoms with Gasteiger partial charge in [0.25, 0.3) is 0 Å². The highest BCUT2D eigenvalue weighted by Gasteiger charge is 2.01. The second-order valence-corrected chi connectivity index (χ2v) is 3.62. The molecule has 0 aromatic heterocycles. The first-order valence-corrected chi connectivity index (χ1v) is 5.70. The average molecular weight is 226 g/mol. The second kappa shape index (κ2) is 6.46. The number of hydrogen-bond acceptors (Lipinski definition) is 1. The SMILES string of the molecule is CCc1ccccc1CCNC(=O)CCl. The first-order chi connectivity index (χ1) is 7.27. The van der Waals surface area contributed by atoms with Gasteiger partial charge in [-0.3, -0.25) is 4.79 Å². The van der Waals surface area contributed by atoms with Gasteiger partial charge in [-0.05, 0) is 24.0 Å². The third-order valence-electron chi connectivity index (χ3n) is 2.34. The summed E-state index contributed by atoms with van der Waals surface area (Å²) >= 11 is 5.38. The van der Waals surface area contributed by atoms with Gasteiger partial charge >= 0.3 is 0 Å². The Bertz CT molecular complexity index is 325. The van der Waals surface area contributed by atoms with Gasteiger partial charge in [0.15, 0.2) is 0 Å². The van der Waals surface area contributed by atoms with Gasteiger partial charge in [0.1, 0.15) is 5.88 Å². The van der Waals surface area contributed by atoms with Crippen molar-refractivity contribution in [1.29, 1.82) is 0 Å². The van der Waals surface area contributed by atoms with Crippen LogP contribution in [0.4, 0.5) is 0 Å². The molecule has 1 rings (SSSR count). The summed E-state index contributed by atoms with van der Waals surface area (Å²) < 4.78 is 0. The molecular formula is C12H16ClNO. The lowest BCUT2D eigenvalue weighted by Gasteiger charge is -2.07. The van der Waals surface area contributed by atoms with Crippen molar-refractivity contribution in [1.82, 2.24) is 5.32 Å². The number of hydrogen-bond donors (Lipinski definition) is 1. The van der Waals surface area contributed by atoms with Gasteiger partial charge in [-0.1, -0.05) is 31.2 Å². The van der Waals surface area contributed by atoms with Crippen LogP contribution in [0.5, 0.6) is 0 Å². The lowest BCUT2D eigenvalue weighted by molar-refractivity contribution is -0.118. The van der Waals surface area contributed by atoms with Crippen molar-refractivity contribution >= 4 is 17.5 Å². The topological polar surface area (TPSA) is 29.1 Å². The molecule has 0 saturated carbocycles. The van der Waals surface area contributed by atoms with Gasteiger partial charge in [0, 0.05) is 6.54 Å². The van der Waals surface area contributed by atoms with E-state index in [9.17, 15) is 4.79 Å². The molecule has 0 saturated heterocycles. The van der Waals surface area contributed by atoms with Crippen LogP contribution in [0.3, 0.4) is 0 Å². The number of carbonyl (C=O) groups excluding carboxylic acids is 1. The maximum Gasteiger partial charge on any atom is 0.234 e. The molecule has 1 aromatic rings. The predicted molar refractivity (Wildman–Crippen MR) is 63.3 cm³/mol. The fraction of sp³-hybridized carbons (Fsp3) is 0.417. The van der Waals surface area contributed by atoms with Crippen LogP contribution in [0.1, 0.15) is 18.1 Å². The molecular weight excluding hydrogens is 210 g/mol. The van der Waals surface area contributed by atoms with Gasteiger partial charge < -0.3 is 5.32 Å². The molecule has 0 unspecified atom stereocenters. The minimum atomic E-state index is -0.106. The summed E-state index contributed by atoms with van der Waals surface area (Å²) in [4.78, 5) is 10.9. The van der Waals surface area contributed by atoms with Gasteiger partial charge in [-0.2, -0.15) is 0 Å². The lowest BCUT2D eigenvalue weighted by atomic mass is 10.0. The number of benzene rings is 1. The van der Waals surface area contributed by atoms with Gasteiger partial charge in [0.2, 0.25) is 5.91 Å². The molecule has 0 aliphatic rings. The number of rotatable bonds is 5. The summed E-state index contributed by atoms with van der Waals surface area (Å²) in [6, 6.07) is 8.29. The number of amides is 1. The molecule has 0 aliphatic carbocycles. The van der Waals surface area contributed by atoms with Crippen LogP contribution >= 0.6 is 11.6 Å². The first-order valence-electron chi connectivity index (χ1n) is 5.17. The van der Waals surface area contributed by atoms with E-state index in [0.717, 1.165) is 12.8 Å². The highest BCUT2D eigenvalue weighted by Crippen LogP contribution is 2.09. The largest absolute Gasteiger partial charge is 0.355 e.